The zero-order valence-electron chi connectivity index (χ0n) is 8.09. The van der Waals surface area contributed by atoms with Gasteiger partial charge in [0, 0.05) is 32.6 Å². The lowest BCUT2D eigenvalue weighted by Gasteiger charge is -2.26. The fourth-order valence-electron chi connectivity index (χ4n) is 1.41. The Balaban J connectivity index is 1.89. The summed E-state index contributed by atoms with van der Waals surface area (Å²) in [6.07, 6.45) is 5.32. The molecule has 13 heavy (non-hydrogen) atoms. The topological polar surface area (TPSA) is 32.3 Å². The fraction of sp³-hybridized carbons (Fsp3) is 0.889. The van der Waals surface area contributed by atoms with Gasteiger partial charge in [-0.15, -0.1) is 0 Å². The summed E-state index contributed by atoms with van der Waals surface area (Å²) >= 11 is 0. The standard InChI is InChI=1S/C9H19N2OP/c12-8-2-1-3-9-13-11-6-4-10-5-7-11/h8,10,13H,1-7,9H2. The van der Waals surface area contributed by atoms with Gasteiger partial charge in [-0.1, -0.05) is 8.73 Å². The van der Waals surface area contributed by atoms with Crippen LogP contribution in [-0.2, 0) is 4.79 Å². The van der Waals surface area contributed by atoms with Crippen LogP contribution >= 0.6 is 8.73 Å². The maximum atomic E-state index is 10.1. The van der Waals surface area contributed by atoms with E-state index in [-0.39, 0.29) is 0 Å². The molecule has 1 aliphatic heterocycles. The number of hydrogen-bond donors (Lipinski definition) is 1. The van der Waals surface area contributed by atoms with Crippen LogP contribution < -0.4 is 5.32 Å². The summed E-state index contributed by atoms with van der Waals surface area (Å²) in [6.45, 7) is 4.68. The van der Waals surface area contributed by atoms with Crippen molar-refractivity contribution < 1.29 is 4.79 Å². The van der Waals surface area contributed by atoms with Crippen LogP contribution in [0.2, 0.25) is 0 Å². The first kappa shape index (κ1) is 11.1. The highest BCUT2D eigenvalue weighted by Gasteiger charge is 2.07. The van der Waals surface area contributed by atoms with Gasteiger partial charge in [0.15, 0.2) is 0 Å². The number of nitrogens with zero attached hydrogens (tertiary/aromatic N) is 1. The Bertz CT molecular complexity index is 138. The molecule has 4 heteroatoms. The third kappa shape index (κ3) is 5.35. The first-order valence-electron chi connectivity index (χ1n) is 5.06. The highest BCUT2D eigenvalue weighted by atomic mass is 31.1. The maximum absolute atomic E-state index is 10.1. The molecule has 0 aliphatic carbocycles. The average Bonchev–Trinajstić information content (AvgIpc) is 2.19. The first-order valence-corrected chi connectivity index (χ1v) is 6.21. The molecule has 0 aromatic rings. The monoisotopic (exact) mass is 202 g/mol. The summed E-state index contributed by atoms with van der Waals surface area (Å²) in [7, 11) is 0.970. The molecule has 0 amide bonds. The van der Waals surface area contributed by atoms with Crippen LogP contribution in [0.4, 0.5) is 0 Å². The molecule has 0 bridgehead atoms. The summed E-state index contributed by atoms with van der Waals surface area (Å²) in [4.78, 5) is 10.1. The minimum absolute atomic E-state index is 0.742. The molecule has 0 radical (unpaired) electrons. The van der Waals surface area contributed by atoms with Crippen LogP contribution in [0.1, 0.15) is 19.3 Å². The first-order chi connectivity index (χ1) is 6.43. The molecule has 1 N–H and O–H groups in total. The molecular weight excluding hydrogens is 183 g/mol. The Morgan fingerprint density at radius 3 is 2.77 bits per heavy atom. The molecule has 0 aromatic carbocycles. The van der Waals surface area contributed by atoms with Crippen molar-refractivity contribution in [3.8, 4) is 0 Å². The van der Waals surface area contributed by atoms with Crippen molar-refractivity contribution in [3.05, 3.63) is 0 Å². The zero-order valence-corrected chi connectivity index (χ0v) is 9.09. The number of carbonyl (C=O) groups excluding carboxylic acids is 1. The summed E-state index contributed by atoms with van der Waals surface area (Å²) in [5.41, 5.74) is 0. The molecule has 1 aliphatic rings. The lowest BCUT2D eigenvalue weighted by molar-refractivity contribution is -0.107. The molecule has 0 aromatic heterocycles. The van der Waals surface area contributed by atoms with Gasteiger partial charge in [-0.3, -0.25) is 4.67 Å². The highest BCUT2D eigenvalue weighted by molar-refractivity contribution is 7.35. The van der Waals surface area contributed by atoms with Gasteiger partial charge in [0.25, 0.3) is 0 Å². The maximum Gasteiger partial charge on any atom is 0.119 e. The molecule has 1 heterocycles. The highest BCUT2D eigenvalue weighted by Crippen LogP contribution is 2.19. The minimum Gasteiger partial charge on any atom is -0.314 e. The van der Waals surface area contributed by atoms with Gasteiger partial charge >= 0.3 is 0 Å². The summed E-state index contributed by atoms with van der Waals surface area (Å²) in [6, 6.07) is 0. The number of rotatable bonds is 6. The van der Waals surface area contributed by atoms with E-state index >= 15 is 0 Å². The molecule has 76 valence electrons. The lowest BCUT2D eigenvalue weighted by Crippen LogP contribution is -2.39. The molecule has 1 unspecified atom stereocenters. The van der Waals surface area contributed by atoms with Gasteiger partial charge in [-0.2, -0.15) is 0 Å². The zero-order chi connectivity index (χ0) is 9.36. The van der Waals surface area contributed by atoms with E-state index in [4.69, 9.17) is 0 Å². The van der Waals surface area contributed by atoms with Crippen molar-refractivity contribution in [1.29, 1.82) is 0 Å². The molecular formula is C9H19N2OP. The second-order valence-corrected chi connectivity index (χ2v) is 4.76. The number of unbranched alkanes of at least 4 members (excludes halogenated alkanes) is 2. The van der Waals surface area contributed by atoms with Gasteiger partial charge in [-0.25, -0.2) is 0 Å². The number of piperazine rings is 1. The Morgan fingerprint density at radius 2 is 2.08 bits per heavy atom. The Labute approximate surface area is 82.1 Å². The van der Waals surface area contributed by atoms with Crippen molar-refractivity contribution in [3.63, 3.8) is 0 Å². The largest absolute Gasteiger partial charge is 0.314 e. The van der Waals surface area contributed by atoms with Crippen LogP contribution in [0.25, 0.3) is 0 Å². The van der Waals surface area contributed by atoms with E-state index in [1.807, 2.05) is 0 Å². The SMILES string of the molecule is O=CCCCCPN1CCNCC1. The van der Waals surface area contributed by atoms with E-state index in [2.05, 4.69) is 9.99 Å². The van der Waals surface area contributed by atoms with E-state index in [1.54, 1.807) is 0 Å². The summed E-state index contributed by atoms with van der Waals surface area (Å²) in [5, 5.41) is 3.34. The molecule has 1 fully saturated rings. The predicted molar refractivity (Wildman–Crippen MR) is 57.5 cm³/mol. The van der Waals surface area contributed by atoms with Crippen molar-refractivity contribution in [1.82, 2.24) is 9.99 Å². The predicted octanol–water partition coefficient (Wildman–Crippen LogP) is 0.854. The van der Waals surface area contributed by atoms with E-state index in [9.17, 15) is 4.79 Å². The third-order valence-corrected chi connectivity index (χ3v) is 3.67. The van der Waals surface area contributed by atoms with Gasteiger partial charge in [-0.05, 0) is 19.0 Å². The van der Waals surface area contributed by atoms with Crippen molar-refractivity contribution >= 4 is 15.0 Å². The smallest absolute Gasteiger partial charge is 0.119 e. The van der Waals surface area contributed by atoms with E-state index in [0.717, 1.165) is 40.9 Å². The van der Waals surface area contributed by atoms with Crippen LogP contribution in [0.5, 0.6) is 0 Å². The number of nitrogens with one attached hydrogen (secondary N) is 1. The summed E-state index contributed by atoms with van der Waals surface area (Å²) < 4.78 is 2.53. The lowest BCUT2D eigenvalue weighted by atomic mass is 10.3. The van der Waals surface area contributed by atoms with Gasteiger partial charge in [0.1, 0.15) is 6.29 Å². The van der Waals surface area contributed by atoms with E-state index < -0.39 is 0 Å². The second-order valence-electron chi connectivity index (χ2n) is 3.31. The fourth-order valence-corrected chi connectivity index (χ4v) is 2.68. The van der Waals surface area contributed by atoms with Gasteiger partial charge in [0.05, 0.1) is 0 Å². The van der Waals surface area contributed by atoms with E-state index in [1.165, 1.54) is 25.7 Å². The Morgan fingerprint density at radius 1 is 1.31 bits per heavy atom. The van der Waals surface area contributed by atoms with Crippen molar-refractivity contribution in [2.45, 2.75) is 19.3 Å². The number of carbonyl (C=O) groups is 1. The molecule has 1 rings (SSSR count). The normalized spacial score (nSPS) is 19.7. The van der Waals surface area contributed by atoms with Crippen LogP contribution in [0.3, 0.4) is 0 Å². The molecule has 0 saturated carbocycles. The quantitative estimate of drug-likeness (QED) is 0.394. The molecule has 3 nitrogen and oxygen atoms in total. The molecule has 1 atom stereocenters. The molecule has 0 spiro atoms. The molecule has 1 saturated heterocycles. The third-order valence-electron chi connectivity index (χ3n) is 2.20. The second kappa shape index (κ2) is 7.43. The number of hydrogen-bond acceptors (Lipinski definition) is 3. The Kier molecular flexibility index (Phi) is 6.34. The van der Waals surface area contributed by atoms with Gasteiger partial charge in [0.2, 0.25) is 0 Å². The average molecular weight is 202 g/mol. The van der Waals surface area contributed by atoms with Crippen LogP contribution in [-0.4, -0.2) is 43.3 Å². The van der Waals surface area contributed by atoms with Crippen LogP contribution in [0.15, 0.2) is 0 Å². The minimum atomic E-state index is 0.742. The van der Waals surface area contributed by atoms with Crippen molar-refractivity contribution in [2.24, 2.45) is 0 Å². The Hall–Kier alpha value is 0.0200. The van der Waals surface area contributed by atoms with Crippen molar-refractivity contribution in [2.75, 3.05) is 32.3 Å². The van der Waals surface area contributed by atoms with E-state index in [0.29, 0.717) is 0 Å². The van der Waals surface area contributed by atoms with Gasteiger partial charge < -0.3 is 10.1 Å². The van der Waals surface area contributed by atoms with Crippen LogP contribution in [0, 0.1) is 0 Å². The summed E-state index contributed by atoms with van der Waals surface area (Å²) in [5.74, 6) is 0. The number of aldehydes is 1.